The Morgan fingerprint density at radius 2 is 1.84 bits per heavy atom. The van der Waals surface area contributed by atoms with Crippen LogP contribution in [0.5, 0.6) is 0 Å². The van der Waals surface area contributed by atoms with E-state index in [0.717, 1.165) is 0 Å². The number of esters is 1. The second kappa shape index (κ2) is 6.60. The molecule has 0 radical (unpaired) electrons. The molecule has 2 N–H and O–H groups in total. The summed E-state index contributed by atoms with van der Waals surface area (Å²) in [6.07, 6.45) is 0.164. The summed E-state index contributed by atoms with van der Waals surface area (Å²) < 4.78 is 5.29. The van der Waals surface area contributed by atoms with Crippen molar-refractivity contribution in [2.75, 3.05) is 6.54 Å². The van der Waals surface area contributed by atoms with Crippen LogP contribution in [0.3, 0.4) is 0 Å². The summed E-state index contributed by atoms with van der Waals surface area (Å²) in [6.45, 7) is 5.75. The Bertz CT molecular complexity index is 435. The predicted molar refractivity (Wildman–Crippen MR) is 78.7 cm³/mol. The highest BCUT2D eigenvalue weighted by Gasteiger charge is 2.23. The van der Waals surface area contributed by atoms with E-state index in [1.165, 1.54) is 0 Å². The lowest BCUT2D eigenvalue weighted by atomic mass is 9.95. The molecule has 0 saturated heterocycles. The van der Waals surface area contributed by atoms with Crippen LogP contribution in [0, 0.1) is 0 Å². The third kappa shape index (κ3) is 5.01. The molecule has 0 amide bonds. The Morgan fingerprint density at radius 3 is 2.26 bits per heavy atom. The fraction of sp³-hybridized carbons (Fsp3) is 0.500. The van der Waals surface area contributed by atoms with Gasteiger partial charge in [-0.3, -0.25) is 4.79 Å². The smallest absolute Gasteiger partial charge is 0.306 e. The Kier molecular flexibility index (Phi) is 5.65. The number of rotatable bonds is 4. The molecule has 0 aliphatic carbocycles. The number of hydrogen-bond donors (Lipinski definition) is 1. The van der Waals surface area contributed by atoms with E-state index < -0.39 is 5.60 Å². The van der Waals surface area contributed by atoms with Gasteiger partial charge in [-0.15, -0.1) is 0 Å². The van der Waals surface area contributed by atoms with Gasteiger partial charge in [-0.25, -0.2) is 0 Å². The third-order valence-corrected chi connectivity index (χ3v) is 3.18. The van der Waals surface area contributed by atoms with Crippen molar-refractivity contribution < 1.29 is 9.53 Å². The quantitative estimate of drug-likeness (QED) is 0.862. The number of carbonyl (C=O) groups is 1. The highest BCUT2D eigenvalue weighted by molar-refractivity contribution is 6.36. The van der Waals surface area contributed by atoms with E-state index in [1.54, 1.807) is 18.2 Å². The maximum atomic E-state index is 11.9. The second-order valence-electron chi connectivity index (χ2n) is 5.36. The van der Waals surface area contributed by atoms with Crippen LogP contribution in [0.15, 0.2) is 18.2 Å². The molecule has 1 unspecified atom stereocenters. The normalized spacial score (nSPS) is 13.2. The zero-order valence-electron chi connectivity index (χ0n) is 11.4. The molecule has 1 rings (SSSR count). The van der Waals surface area contributed by atoms with Crippen molar-refractivity contribution in [2.24, 2.45) is 5.73 Å². The summed E-state index contributed by atoms with van der Waals surface area (Å²) in [6, 6.07) is 5.23. The molecule has 0 aromatic heterocycles. The van der Waals surface area contributed by atoms with Crippen molar-refractivity contribution >= 4 is 29.2 Å². The van der Waals surface area contributed by atoms with Gasteiger partial charge >= 0.3 is 5.97 Å². The summed E-state index contributed by atoms with van der Waals surface area (Å²) in [5.41, 5.74) is 5.92. The van der Waals surface area contributed by atoms with Crippen molar-refractivity contribution in [2.45, 2.75) is 38.7 Å². The maximum absolute atomic E-state index is 11.9. The van der Waals surface area contributed by atoms with Gasteiger partial charge in [-0.05, 0) is 45.0 Å². The summed E-state index contributed by atoms with van der Waals surface area (Å²) in [4.78, 5) is 11.9. The number of hydrogen-bond acceptors (Lipinski definition) is 3. The number of halogens is 2. The van der Waals surface area contributed by atoms with Crippen LogP contribution in [0.4, 0.5) is 0 Å². The van der Waals surface area contributed by atoms with E-state index in [4.69, 9.17) is 33.7 Å². The fourth-order valence-electron chi connectivity index (χ4n) is 1.79. The van der Waals surface area contributed by atoms with Crippen molar-refractivity contribution in [3.8, 4) is 0 Å². The highest BCUT2D eigenvalue weighted by Crippen LogP contribution is 2.33. The van der Waals surface area contributed by atoms with Gasteiger partial charge in [0.2, 0.25) is 0 Å². The van der Waals surface area contributed by atoms with Crippen LogP contribution in [0.25, 0.3) is 0 Å². The molecule has 5 heteroatoms. The van der Waals surface area contributed by atoms with E-state index in [0.29, 0.717) is 15.6 Å². The zero-order valence-corrected chi connectivity index (χ0v) is 12.9. The van der Waals surface area contributed by atoms with E-state index in [2.05, 4.69) is 0 Å². The Labute approximate surface area is 124 Å². The third-order valence-electron chi connectivity index (χ3n) is 2.53. The Morgan fingerprint density at radius 1 is 1.32 bits per heavy atom. The van der Waals surface area contributed by atoms with E-state index in [1.807, 2.05) is 20.8 Å². The van der Waals surface area contributed by atoms with E-state index >= 15 is 0 Å². The zero-order chi connectivity index (χ0) is 14.6. The number of benzene rings is 1. The molecule has 0 bridgehead atoms. The number of ether oxygens (including phenoxy) is 1. The van der Waals surface area contributed by atoms with Gasteiger partial charge < -0.3 is 10.5 Å². The molecule has 0 spiro atoms. The van der Waals surface area contributed by atoms with E-state index in [-0.39, 0.29) is 24.9 Å². The SMILES string of the molecule is CC(C)(C)OC(=O)CC(CN)c1c(Cl)cccc1Cl. The topological polar surface area (TPSA) is 52.3 Å². The molecule has 0 heterocycles. The van der Waals surface area contributed by atoms with Crippen LogP contribution < -0.4 is 5.73 Å². The van der Waals surface area contributed by atoms with Gasteiger partial charge in [0.05, 0.1) is 6.42 Å². The molecule has 3 nitrogen and oxygen atoms in total. The summed E-state index contributed by atoms with van der Waals surface area (Å²) in [5, 5.41) is 1.04. The van der Waals surface area contributed by atoms with Gasteiger partial charge in [0.25, 0.3) is 0 Å². The molecule has 1 atom stereocenters. The lowest BCUT2D eigenvalue weighted by Crippen LogP contribution is -2.26. The van der Waals surface area contributed by atoms with Crippen LogP contribution in [-0.4, -0.2) is 18.1 Å². The lowest BCUT2D eigenvalue weighted by Gasteiger charge is -2.22. The van der Waals surface area contributed by atoms with Gasteiger partial charge in [0.15, 0.2) is 0 Å². The summed E-state index contributed by atoms with van der Waals surface area (Å²) in [5.74, 6) is -0.546. The summed E-state index contributed by atoms with van der Waals surface area (Å²) >= 11 is 12.3. The number of carbonyl (C=O) groups excluding carboxylic acids is 1. The maximum Gasteiger partial charge on any atom is 0.306 e. The molecule has 1 aromatic rings. The van der Waals surface area contributed by atoms with Crippen LogP contribution in [0.1, 0.15) is 38.7 Å². The van der Waals surface area contributed by atoms with Gasteiger partial charge in [0, 0.05) is 16.0 Å². The Hall–Kier alpha value is -0.770. The van der Waals surface area contributed by atoms with E-state index in [9.17, 15) is 4.79 Å². The lowest BCUT2D eigenvalue weighted by molar-refractivity contribution is -0.155. The second-order valence-corrected chi connectivity index (χ2v) is 6.17. The number of nitrogens with two attached hydrogens (primary N) is 1. The highest BCUT2D eigenvalue weighted by atomic mass is 35.5. The average Bonchev–Trinajstić information content (AvgIpc) is 2.24. The molecule has 0 saturated carbocycles. The minimum Gasteiger partial charge on any atom is -0.460 e. The molecule has 0 aliphatic heterocycles. The minimum atomic E-state index is -0.513. The Balaban J connectivity index is 2.87. The molecular weight excluding hydrogens is 285 g/mol. The first kappa shape index (κ1) is 16.3. The molecule has 0 aliphatic rings. The molecule has 0 fully saturated rings. The largest absolute Gasteiger partial charge is 0.460 e. The molecule has 106 valence electrons. The van der Waals surface area contributed by atoms with Crippen molar-refractivity contribution in [3.63, 3.8) is 0 Å². The minimum absolute atomic E-state index is 0.164. The van der Waals surface area contributed by atoms with Crippen molar-refractivity contribution in [1.82, 2.24) is 0 Å². The molecular formula is C14H19Cl2NO2. The average molecular weight is 304 g/mol. The first-order chi connectivity index (χ1) is 8.74. The first-order valence-corrected chi connectivity index (χ1v) is 6.86. The van der Waals surface area contributed by atoms with Gasteiger partial charge in [0.1, 0.15) is 5.60 Å². The molecule has 19 heavy (non-hydrogen) atoms. The predicted octanol–water partition coefficient (Wildman–Crippen LogP) is 3.77. The van der Waals surface area contributed by atoms with Gasteiger partial charge in [-0.1, -0.05) is 29.3 Å². The standard InChI is InChI=1S/C14H19Cl2NO2/c1-14(2,3)19-12(18)7-9(8-17)13-10(15)5-4-6-11(13)16/h4-6,9H,7-8,17H2,1-3H3. The molecule has 1 aromatic carbocycles. The fourth-order valence-corrected chi connectivity index (χ4v) is 2.49. The summed E-state index contributed by atoms with van der Waals surface area (Å²) in [7, 11) is 0. The monoisotopic (exact) mass is 303 g/mol. The van der Waals surface area contributed by atoms with Crippen LogP contribution >= 0.6 is 23.2 Å². The van der Waals surface area contributed by atoms with Crippen LogP contribution in [0.2, 0.25) is 10.0 Å². The van der Waals surface area contributed by atoms with Gasteiger partial charge in [-0.2, -0.15) is 0 Å². The first-order valence-electron chi connectivity index (χ1n) is 6.10. The van der Waals surface area contributed by atoms with Crippen LogP contribution in [-0.2, 0) is 9.53 Å². The van der Waals surface area contributed by atoms with Crippen molar-refractivity contribution in [3.05, 3.63) is 33.8 Å². The van der Waals surface area contributed by atoms with Crippen molar-refractivity contribution in [1.29, 1.82) is 0 Å².